The van der Waals surface area contributed by atoms with Gasteiger partial charge >= 0.3 is 300 Å². The summed E-state index contributed by atoms with van der Waals surface area (Å²) in [5.41, 5.74) is 0. The Morgan fingerprint density at radius 3 is 0.673 bits per heavy atom. The van der Waals surface area contributed by atoms with Gasteiger partial charge in [-0.15, -0.1) is 0 Å². The molecular weight excluding hydrogens is 672 g/mol. The average molecular weight is 717 g/mol. The molecule has 6 aromatic carbocycles. The van der Waals surface area contributed by atoms with E-state index >= 15 is 0 Å². The van der Waals surface area contributed by atoms with Gasteiger partial charge in [-0.1, -0.05) is 0 Å². The molecule has 248 valence electrons. The standard InChI is InChI=1S/2C18H15OSi.2C3H7O.Ti/c2*19-20(16-10-4-1-5-11-16,17-12-6-2-7-13-17)18-14-8-3-9-15-18;2*1-3(2)4;/h2*1-15H;2*3H,1-2H3;/q4*-1;+4. The third kappa shape index (κ3) is 7.58. The number of hydrogen-bond donors (Lipinski definition) is 0. The molecular formula is C42H44O4Si2Ti. The fraction of sp³-hybridized carbons (Fsp3) is 0.143. The molecule has 0 aliphatic carbocycles. The molecule has 4 nitrogen and oxygen atoms in total. The predicted molar refractivity (Wildman–Crippen MR) is 203 cm³/mol. The van der Waals surface area contributed by atoms with E-state index in [2.05, 4.69) is 182 Å². The Morgan fingerprint density at radius 2 is 0.510 bits per heavy atom. The van der Waals surface area contributed by atoms with Crippen LogP contribution in [-0.2, 0) is 30.8 Å². The average Bonchev–Trinajstić information content (AvgIpc) is 3.14. The molecule has 0 atom stereocenters. The molecule has 0 heterocycles. The van der Waals surface area contributed by atoms with E-state index in [1.165, 1.54) is 0 Å². The van der Waals surface area contributed by atoms with Crippen LogP contribution in [0.5, 0.6) is 0 Å². The molecule has 0 unspecified atom stereocenters. The first kappa shape index (κ1) is 35.1. The first-order valence-electron chi connectivity index (χ1n) is 17.0. The van der Waals surface area contributed by atoms with Crippen LogP contribution in [0.4, 0.5) is 0 Å². The molecule has 0 radical (unpaired) electrons. The normalized spacial score (nSPS) is 12.4. The van der Waals surface area contributed by atoms with Crippen LogP contribution in [0.15, 0.2) is 182 Å². The summed E-state index contributed by atoms with van der Waals surface area (Å²) >= 11 is -4.94. The van der Waals surface area contributed by atoms with E-state index in [1.54, 1.807) is 0 Å². The quantitative estimate of drug-likeness (QED) is 0.102. The summed E-state index contributed by atoms with van der Waals surface area (Å²) < 4.78 is 30.4. The van der Waals surface area contributed by atoms with Crippen molar-refractivity contribution < 1.29 is 30.8 Å². The van der Waals surface area contributed by atoms with Gasteiger partial charge in [-0.05, 0) is 0 Å². The Kier molecular flexibility index (Phi) is 11.4. The van der Waals surface area contributed by atoms with Crippen molar-refractivity contribution >= 4 is 47.8 Å². The molecule has 6 rings (SSSR count). The summed E-state index contributed by atoms with van der Waals surface area (Å²) in [4.78, 5) is 0. The Labute approximate surface area is 298 Å². The van der Waals surface area contributed by atoms with Crippen molar-refractivity contribution in [3.63, 3.8) is 0 Å². The van der Waals surface area contributed by atoms with Gasteiger partial charge in [0.15, 0.2) is 0 Å². The van der Waals surface area contributed by atoms with Crippen LogP contribution < -0.4 is 31.1 Å². The zero-order valence-electron chi connectivity index (χ0n) is 28.6. The van der Waals surface area contributed by atoms with Crippen molar-refractivity contribution in [2.75, 3.05) is 0 Å². The molecule has 0 N–H and O–H groups in total. The van der Waals surface area contributed by atoms with Gasteiger partial charge in [0.25, 0.3) is 0 Å². The summed E-state index contributed by atoms with van der Waals surface area (Å²) in [6.45, 7) is 8.18. The first-order valence-corrected chi connectivity index (χ1v) is 23.3. The number of benzene rings is 6. The molecule has 49 heavy (non-hydrogen) atoms. The predicted octanol–water partition coefficient (Wildman–Crippen LogP) is 6.02. The van der Waals surface area contributed by atoms with Crippen molar-refractivity contribution in [2.24, 2.45) is 0 Å². The van der Waals surface area contributed by atoms with Gasteiger partial charge in [0.05, 0.1) is 0 Å². The van der Waals surface area contributed by atoms with Crippen LogP contribution in [0.25, 0.3) is 0 Å². The van der Waals surface area contributed by atoms with Crippen molar-refractivity contribution in [1.29, 1.82) is 0 Å². The van der Waals surface area contributed by atoms with Crippen LogP contribution in [0.2, 0.25) is 0 Å². The van der Waals surface area contributed by atoms with Gasteiger partial charge in [0, 0.05) is 0 Å². The molecule has 0 saturated heterocycles. The van der Waals surface area contributed by atoms with Crippen molar-refractivity contribution in [3.05, 3.63) is 182 Å². The van der Waals surface area contributed by atoms with Crippen LogP contribution in [0.3, 0.4) is 0 Å². The van der Waals surface area contributed by atoms with Gasteiger partial charge in [-0.3, -0.25) is 0 Å². The van der Waals surface area contributed by atoms with E-state index in [9.17, 15) is 0 Å². The number of rotatable bonds is 14. The molecule has 0 aromatic heterocycles. The molecule has 7 heteroatoms. The topological polar surface area (TPSA) is 36.9 Å². The Morgan fingerprint density at radius 1 is 0.327 bits per heavy atom. The molecule has 6 aromatic rings. The van der Waals surface area contributed by atoms with E-state index < -0.39 is 34.8 Å². The van der Waals surface area contributed by atoms with Gasteiger partial charge in [0.2, 0.25) is 0 Å². The third-order valence-corrected chi connectivity index (χ3v) is 24.0. The fourth-order valence-electron chi connectivity index (χ4n) is 6.49. The maximum absolute atomic E-state index is 8.02. The van der Waals surface area contributed by atoms with Crippen LogP contribution in [0, 0.1) is 0 Å². The van der Waals surface area contributed by atoms with Crippen LogP contribution in [-0.4, -0.2) is 28.8 Å². The fourth-order valence-corrected chi connectivity index (χ4v) is 24.5. The molecule has 0 aliphatic heterocycles. The first-order chi connectivity index (χ1) is 23.9. The van der Waals surface area contributed by atoms with Gasteiger partial charge in [0.1, 0.15) is 0 Å². The van der Waals surface area contributed by atoms with E-state index in [0.29, 0.717) is 0 Å². The van der Waals surface area contributed by atoms with E-state index in [-0.39, 0.29) is 12.2 Å². The van der Waals surface area contributed by atoms with Crippen molar-refractivity contribution in [1.82, 2.24) is 0 Å². The summed E-state index contributed by atoms with van der Waals surface area (Å²) in [5.74, 6) is 0. The minimum absolute atomic E-state index is 0.234. The maximum atomic E-state index is 8.02. The molecule has 0 amide bonds. The number of hydrogen-bond acceptors (Lipinski definition) is 4. The van der Waals surface area contributed by atoms with Crippen LogP contribution in [0.1, 0.15) is 27.7 Å². The zero-order valence-corrected chi connectivity index (χ0v) is 32.2. The second-order valence-corrected chi connectivity index (χ2v) is 23.4. The summed E-state index contributed by atoms with van der Waals surface area (Å²) in [7, 11) is -6.73. The van der Waals surface area contributed by atoms with E-state index in [1.807, 2.05) is 27.7 Å². The monoisotopic (exact) mass is 716 g/mol. The summed E-state index contributed by atoms with van der Waals surface area (Å²) in [5, 5.41) is 6.57. The third-order valence-electron chi connectivity index (χ3n) is 8.40. The molecule has 0 saturated carbocycles. The van der Waals surface area contributed by atoms with Gasteiger partial charge in [-0.2, -0.15) is 0 Å². The molecule has 0 spiro atoms. The van der Waals surface area contributed by atoms with Crippen LogP contribution >= 0.6 is 0 Å². The second kappa shape index (κ2) is 15.9. The van der Waals surface area contributed by atoms with Crippen molar-refractivity contribution in [3.8, 4) is 0 Å². The zero-order chi connectivity index (χ0) is 34.2. The minimum atomic E-state index is -4.94. The summed E-state index contributed by atoms with van der Waals surface area (Å²) in [6.07, 6.45) is -0.469. The second-order valence-electron chi connectivity index (χ2n) is 12.6. The Hall–Kier alpha value is -3.69. The summed E-state index contributed by atoms with van der Waals surface area (Å²) in [6, 6.07) is 63.6. The van der Waals surface area contributed by atoms with E-state index in [4.69, 9.17) is 12.7 Å². The molecule has 0 bridgehead atoms. The Bertz CT molecular complexity index is 1530. The van der Waals surface area contributed by atoms with Gasteiger partial charge in [-0.25, -0.2) is 0 Å². The SMILES string of the molecule is CC(C)[O][Ti]([O]C(C)C)([O][Si](c1ccccc1)(c1ccccc1)c1ccccc1)[O][Si](c1ccccc1)(c1ccccc1)c1ccccc1. The molecule has 0 aliphatic rings. The Balaban J connectivity index is 1.71. The van der Waals surface area contributed by atoms with E-state index in [0.717, 1.165) is 31.1 Å². The van der Waals surface area contributed by atoms with Gasteiger partial charge < -0.3 is 0 Å². The van der Waals surface area contributed by atoms with Crippen molar-refractivity contribution in [2.45, 2.75) is 39.9 Å². The molecule has 0 fully saturated rings.